The van der Waals surface area contributed by atoms with Crippen molar-refractivity contribution in [3.05, 3.63) is 29.3 Å². The van der Waals surface area contributed by atoms with Crippen LogP contribution in [0.15, 0.2) is 18.2 Å². The maximum Gasteiger partial charge on any atom is 0.121 e. The number of ether oxygens (including phenoxy) is 1. The summed E-state index contributed by atoms with van der Waals surface area (Å²) in [5, 5.41) is 9.54. The first kappa shape index (κ1) is 7.62. The Morgan fingerprint density at radius 3 is 2.83 bits per heavy atom. The van der Waals surface area contributed by atoms with E-state index in [2.05, 4.69) is 0 Å². The molecule has 2 heteroatoms. The summed E-state index contributed by atoms with van der Waals surface area (Å²) in [5.74, 6) is 0.350. The van der Waals surface area contributed by atoms with Crippen LogP contribution in [0.4, 0.5) is 0 Å². The van der Waals surface area contributed by atoms with Crippen molar-refractivity contribution >= 4 is 0 Å². The minimum atomic E-state index is -0.263. The van der Waals surface area contributed by atoms with Crippen LogP contribution >= 0.6 is 0 Å². The van der Waals surface area contributed by atoms with E-state index >= 15 is 0 Å². The Labute approximate surface area is 71.8 Å². The van der Waals surface area contributed by atoms with Gasteiger partial charge < -0.3 is 9.84 Å². The van der Waals surface area contributed by atoms with Gasteiger partial charge in [-0.1, -0.05) is 12.1 Å². The molecule has 1 atom stereocenters. The van der Waals surface area contributed by atoms with E-state index in [1.807, 2.05) is 19.1 Å². The second kappa shape index (κ2) is 2.23. The van der Waals surface area contributed by atoms with Crippen molar-refractivity contribution in [2.45, 2.75) is 18.9 Å². The lowest BCUT2D eigenvalue weighted by Crippen LogP contribution is -2.37. The molecule has 1 aromatic rings. The van der Waals surface area contributed by atoms with E-state index in [1.54, 1.807) is 13.2 Å². The minimum absolute atomic E-state index is 0.263. The number of fused-ring (bicyclic) bond motifs is 1. The van der Waals surface area contributed by atoms with Gasteiger partial charge in [0.25, 0.3) is 0 Å². The summed E-state index contributed by atoms with van der Waals surface area (Å²) in [7, 11) is 1.68. The lowest BCUT2D eigenvalue weighted by atomic mass is 9.74. The van der Waals surface area contributed by atoms with Crippen LogP contribution in [0, 0.1) is 0 Å². The van der Waals surface area contributed by atoms with Gasteiger partial charge in [0.2, 0.25) is 0 Å². The fraction of sp³-hybridized carbons (Fsp3) is 0.400. The summed E-state index contributed by atoms with van der Waals surface area (Å²) in [6.07, 6.45) is 0.896. The van der Waals surface area contributed by atoms with Crippen LogP contribution in [0.25, 0.3) is 0 Å². The highest BCUT2D eigenvalue weighted by Crippen LogP contribution is 2.45. The van der Waals surface area contributed by atoms with E-state index in [0.717, 1.165) is 12.0 Å². The fourth-order valence-corrected chi connectivity index (χ4v) is 1.86. The molecule has 0 saturated carbocycles. The first-order chi connectivity index (χ1) is 5.67. The second-order valence-corrected chi connectivity index (χ2v) is 3.42. The minimum Gasteiger partial charge on any atom is -0.508 e. The van der Waals surface area contributed by atoms with Crippen LogP contribution < -0.4 is 0 Å². The molecule has 0 aliphatic heterocycles. The molecule has 1 unspecified atom stereocenters. The van der Waals surface area contributed by atoms with E-state index < -0.39 is 0 Å². The topological polar surface area (TPSA) is 29.5 Å². The van der Waals surface area contributed by atoms with E-state index in [1.165, 1.54) is 5.56 Å². The molecule has 0 spiro atoms. The van der Waals surface area contributed by atoms with E-state index in [9.17, 15) is 5.11 Å². The van der Waals surface area contributed by atoms with Gasteiger partial charge in [0.05, 0.1) is 5.60 Å². The predicted octanol–water partition coefficient (Wildman–Crippen LogP) is 1.81. The van der Waals surface area contributed by atoms with Gasteiger partial charge in [0.1, 0.15) is 5.75 Å². The molecule has 0 aromatic heterocycles. The maximum atomic E-state index is 9.54. The highest BCUT2D eigenvalue weighted by molar-refractivity contribution is 5.50. The Balaban J connectivity index is 2.52. The number of hydrogen-bond donors (Lipinski definition) is 1. The van der Waals surface area contributed by atoms with Gasteiger partial charge >= 0.3 is 0 Å². The summed E-state index contributed by atoms with van der Waals surface area (Å²) < 4.78 is 5.32. The number of hydrogen-bond acceptors (Lipinski definition) is 2. The van der Waals surface area contributed by atoms with Gasteiger partial charge in [-0.25, -0.2) is 0 Å². The maximum absolute atomic E-state index is 9.54. The van der Waals surface area contributed by atoms with Crippen LogP contribution in [0.5, 0.6) is 5.75 Å². The van der Waals surface area contributed by atoms with Gasteiger partial charge in [-0.15, -0.1) is 0 Å². The quantitative estimate of drug-likeness (QED) is 0.686. The monoisotopic (exact) mass is 164 g/mol. The standard InChI is InChI=1S/C10H12O2/c1-10(12-2)6-7-4-3-5-8(11)9(7)10/h3-5,11H,6H2,1-2H3. The van der Waals surface area contributed by atoms with Crippen LogP contribution in [0.3, 0.4) is 0 Å². The molecule has 0 heterocycles. The molecule has 2 rings (SSSR count). The molecule has 1 aromatic carbocycles. The average Bonchev–Trinajstić information content (AvgIpc) is 2.01. The van der Waals surface area contributed by atoms with Crippen LogP contribution in [0.2, 0.25) is 0 Å². The summed E-state index contributed by atoms with van der Waals surface area (Å²) in [6, 6.07) is 5.59. The van der Waals surface area contributed by atoms with Gasteiger partial charge in [0.15, 0.2) is 0 Å². The van der Waals surface area contributed by atoms with Gasteiger partial charge in [-0.2, -0.15) is 0 Å². The number of aromatic hydroxyl groups is 1. The van der Waals surface area contributed by atoms with Crippen molar-refractivity contribution in [1.82, 2.24) is 0 Å². The summed E-state index contributed by atoms with van der Waals surface area (Å²) in [6.45, 7) is 2.00. The van der Waals surface area contributed by atoms with Crippen molar-refractivity contribution in [3.8, 4) is 5.75 Å². The van der Waals surface area contributed by atoms with E-state index in [4.69, 9.17) is 4.74 Å². The number of rotatable bonds is 1. The van der Waals surface area contributed by atoms with Crippen LogP contribution in [-0.4, -0.2) is 12.2 Å². The fourth-order valence-electron chi connectivity index (χ4n) is 1.86. The zero-order chi connectivity index (χ0) is 8.77. The number of methoxy groups -OCH3 is 1. The normalized spacial score (nSPS) is 26.2. The summed E-state index contributed by atoms with van der Waals surface area (Å²) in [4.78, 5) is 0. The molecular weight excluding hydrogens is 152 g/mol. The van der Waals surface area contributed by atoms with E-state index in [-0.39, 0.29) is 5.60 Å². The van der Waals surface area contributed by atoms with Crippen molar-refractivity contribution in [2.75, 3.05) is 7.11 Å². The summed E-state index contributed by atoms with van der Waals surface area (Å²) in [5.41, 5.74) is 1.88. The zero-order valence-electron chi connectivity index (χ0n) is 7.29. The molecule has 1 aliphatic carbocycles. The lowest BCUT2D eigenvalue weighted by Gasteiger charge is -2.40. The first-order valence-corrected chi connectivity index (χ1v) is 4.04. The molecule has 0 saturated heterocycles. The van der Waals surface area contributed by atoms with Crippen LogP contribution in [0.1, 0.15) is 18.1 Å². The van der Waals surface area contributed by atoms with Gasteiger partial charge in [0, 0.05) is 19.1 Å². The van der Waals surface area contributed by atoms with Crippen molar-refractivity contribution < 1.29 is 9.84 Å². The number of benzene rings is 1. The van der Waals surface area contributed by atoms with Crippen LogP contribution in [-0.2, 0) is 16.8 Å². The number of phenolic OH excluding ortho intramolecular Hbond substituents is 1. The molecule has 1 N–H and O–H groups in total. The smallest absolute Gasteiger partial charge is 0.121 e. The molecule has 64 valence electrons. The molecule has 0 bridgehead atoms. The molecule has 0 fully saturated rings. The van der Waals surface area contributed by atoms with Gasteiger partial charge in [-0.3, -0.25) is 0 Å². The third-order valence-corrected chi connectivity index (χ3v) is 2.64. The SMILES string of the molecule is COC1(C)Cc2cccc(O)c21. The van der Waals surface area contributed by atoms with Gasteiger partial charge in [-0.05, 0) is 18.6 Å². The molecule has 1 aliphatic rings. The molecule has 0 amide bonds. The molecular formula is C10H12O2. The third kappa shape index (κ3) is 0.786. The Morgan fingerprint density at radius 2 is 2.25 bits per heavy atom. The highest BCUT2D eigenvalue weighted by Gasteiger charge is 2.40. The largest absolute Gasteiger partial charge is 0.508 e. The lowest BCUT2D eigenvalue weighted by molar-refractivity contribution is -0.0202. The first-order valence-electron chi connectivity index (χ1n) is 4.04. The van der Waals surface area contributed by atoms with Crippen molar-refractivity contribution in [3.63, 3.8) is 0 Å². The van der Waals surface area contributed by atoms with Crippen molar-refractivity contribution in [1.29, 1.82) is 0 Å². The third-order valence-electron chi connectivity index (χ3n) is 2.64. The summed E-state index contributed by atoms with van der Waals surface area (Å²) >= 11 is 0. The molecule has 12 heavy (non-hydrogen) atoms. The van der Waals surface area contributed by atoms with Crippen molar-refractivity contribution in [2.24, 2.45) is 0 Å². The Hall–Kier alpha value is -1.02. The zero-order valence-corrected chi connectivity index (χ0v) is 7.29. The molecule has 2 nitrogen and oxygen atoms in total. The Kier molecular flexibility index (Phi) is 1.42. The Morgan fingerprint density at radius 1 is 1.50 bits per heavy atom. The average molecular weight is 164 g/mol. The Bertz CT molecular complexity index is 305. The predicted molar refractivity (Wildman–Crippen MR) is 46.2 cm³/mol. The number of phenols is 1. The molecule has 0 radical (unpaired) electrons. The second-order valence-electron chi connectivity index (χ2n) is 3.42. The highest BCUT2D eigenvalue weighted by atomic mass is 16.5. The van der Waals surface area contributed by atoms with E-state index in [0.29, 0.717) is 5.75 Å².